The average Bonchev–Trinajstić information content (AvgIpc) is 2.43. The van der Waals surface area contributed by atoms with Gasteiger partial charge >= 0.3 is 11.9 Å². The Bertz CT molecular complexity index is 428. The van der Waals surface area contributed by atoms with Gasteiger partial charge in [0.15, 0.2) is 0 Å². The van der Waals surface area contributed by atoms with Crippen LogP contribution in [0, 0.1) is 0 Å². The van der Waals surface area contributed by atoms with Gasteiger partial charge in [-0.05, 0) is 5.56 Å². The minimum absolute atomic E-state index is 0.435. The molecule has 5 heteroatoms. The van der Waals surface area contributed by atoms with Crippen LogP contribution in [0.4, 0.5) is 0 Å². The van der Waals surface area contributed by atoms with Gasteiger partial charge in [-0.25, -0.2) is 9.59 Å². The summed E-state index contributed by atoms with van der Waals surface area (Å²) in [7, 11) is 2.59. The van der Waals surface area contributed by atoms with Gasteiger partial charge in [0.2, 0.25) is 0 Å². The van der Waals surface area contributed by atoms with E-state index in [0.29, 0.717) is 0 Å². The highest BCUT2D eigenvalue weighted by atomic mass is 16.5. The SMILES string of the molecule is COC(=O)/C=C/NC(C(=O)OC)c1ccccc1. The molecule has 0 saturated heterocycles. The van der Waals surface area contributed by atoms with E-state index in [4.69, 9.17) is 4.74 Å². The van der Waals surface area contributed by atoms with Crippen LogP contribution in [0.1, 0.15) is 11.6 Å². The van der Waals surface area contributed by atoms with Gasteiger partial charge in [-0.1, -0.05) is 30.3 Å². The Balaban J connectivity index is 2.78. The van der Waals surface area contributed by atoms with Crippen LogP contribution in [0.3, 0.4) is 0 Å². The molecule has 1 rings (SSSR count). The van der Waals surface area contributed by atoms with Crippen LogP contribution >= 0.6 is 0 Å². The van der Waals surface area contributed by atoms with Gasteiger partial charge < -0.3 is 14.8 Å². The standard InChI is InChI=1S/C13H15NO4/c1-17-11(15)8-9-14-12(13(16)18-2)10-6-4-3-5-7-10/h3-9,12,14H,1-2H3/b9-8+. The summed E-state index contributed by atoms with van der Waals surface area (Å²) < 4.78 is 9.14. The van der Waals surface area contributed by atoms with E-state index in [1.54, 1.807) is 12.1 Å². The van der Waals surface area contributed by atoms with Crippen LogP contribution in [-0.2, 0) is 19.1 Å². The molecule has 0 radical (unpaired) electrons. The van der Waals surface area contributed by atoms with E-state index in [2.05, 4.69) is 10.1 Å². The molecule has 1 unspecified atom stereocenters. The number of benzene rings is 1. The molecule has 0 aromatic heterocycles. The van der Waals surface area contributed by atoms with Gasteiger partial charge in [-0.2, -0.15) is 0 Å². The molecule has 0 aliphatic carbocycles. The molecular weight excluding hydrogens is 234 g/mol. The fourth-order valence-electron chi connectivity index (χ4n) is 1.34. The first-order valence-corrected chi connectivity index (χ1v) is 5.32. The molecule has 1 aromatic rings. The Morgan fingerprint density at radius 1 is 1.17 bits per heavy atom. The third-order valence-electron chi connectivity index (χ3n) is 2.25. The molecule has 0 saturated carbocycles. The summed E-state index contributed by atoms with van der Waals surface area (Å²) in [5.74, 6) is -0.935. The lowest BCUT2D eigenvalue weighted by molar-refractivity contribution is -0.143. The summed E-state index contributed by atoms with van der Waals surface area (Å²) in [6.07, 6.45) is 2.55. The van der Waals surface area contributed by atoms with Crippen molar-refractivity contribution in [2.24, 2.45) is 0 Å². The zero-order valence-corrected chi connectivity index (χ0v) is 10.3. The van der Waals surface area contributed by atoms with Crippen molar-refractivity contribution in [1.82, 2.24) is 5.32 Å². The van der Waals surface area contributed by atoms with Crippen LogP contribution < -0.4 is 5.32 Å². The molecule has 0 fully saturated rings. The molecule has 96 valence electrons. The second-order valence-corrected chi connectivity index (χ2v) is 3.39. The fraction of sp³-hybridized carbons (Fsp3) is 0.231. The van der Waals surface area contributed by atoms with Crippen molar-refractivity contribution in [3.63, 3.8) is 0 Å². The lowest BCUT2D eigenvalue weighted by Gasteiger charge is -2.14. The highest BCUT2D eigenvalue weighted by Gasteiger charge is 2.19. The topological polar surface area (TPSA) is 64.6 Å². The monoisotopic (exact) mass is 249 g/mol. The van der Waals surface area contributed by atoms with Crippen molar-refractivity contribution < 1.29 is 19.1 Å². The molecule has 5 nitrogen and oxygen atoms in total. The highest BCUT2D eigenvalue weighted by molar-refractivity contribution is 5.82. The smallest absolute Gasteiger partial charge is 0.332 e. The lowest BCUT2D eigenvalue weighted by Crippen LogP contribution is -2.26. The minimum Gasteiger partial charge on any atom is -0.467 e. The number of ether oxygens (including phenoxy) is 2. The summed E-state index contributed by atoms with van der Waals surface area (Å²) in [4.78, 5) is 22.5. The van der Waals surface area contributed by atoms with Crippen LogP contribution in [0.25, 0.3) is 0 Å². The number of esters is 2. The van der Waals surface area contributed by atoms with Gasteiger partial charge in [0.1, 0.15) is 6.04 Å². The molecule has 1 aromatic carbocycles. The van der Waals surface area contributed by atoms with Gasteiger partial charge in [-0.15, -0.1) is 0 Å². The Morgan fingerprint density at radius 2 is 1.83 bits per heavy atom. The second kappa shape index (κ2) is 7.11. The summed E-state index contributed by atoms with van der Waals surface area (Å²) in [5.41, 5.74) is 0.749. The number of hydrogen-bond acceptors (Lipinski definition) is 5. The Morgan fingerprint density at radius 3 is 2.39 bits per heavy atom. The predicted octanol–water partition coefficient (Wildman–Crippen LogP) is 1.18. The van der Waals surface area contributed by atoms with Gasteiger partial charge in [0.25, 0.3) is 0 Å². The van der Waals surface area contributed by atoms with E-state index >= 15 is 0 Å². The van der Waals surface area contributed by atoms with E-state index in [0.717, 1.165) is 5.56 Å². The van der Waals surface area contributed by atoms with Crippen LogP contribution in [0.2, 0.25) is 0 Å². The number of methoxy groups -OCH3 is 2. The van der Waals surface area contributed by atoms with E-state index in [-0.39, 0.29) is 0 Å². The molecule has 0 amide bonds. The van der Waals surface area contributed by atoms with Crippen molar-refractivity contribution in [3.05, 3.63) is 48.2 Å². The van der Waals surface area contributed by atoms with E-state index < -0.39 is 18.0 Å². The van der Waals surface area contributed by atoms with Crippen molar-refractivity contribution in [1.29, 1.82) is 0 Å². The van der Waals surface area contributed by atoms with Gasteiger partial charge in [-0.3, -0.25) is 0 Å². The molecule has 0 bridgehead atoms. The first-order chi connectivity index (χ1) is 8.69. The maximum atomic E-state index is 11.6. The molecular formula is C13H15NO4. The fourth-order valence-corrected chi connectivity index (χ4v) is 1.34. The Hall–Kier alpha value is -2.30. The number of carbonyl (C=O) groups excluding carboxylic acids is 2. The highest BCUT2D eigenvalue weighted by Crippen LogP contribution is 2.13. The average molecular weight is 249 g/mol. The summed E-state index contributed by atoms with van der Waals surface area (Å²) in [6.45, 7) is 0. The first-order valence-electron chi connectivity index (χ1n) is 5.32. The van der Waals surface area contributed by atoms with Crippen LogP contribution in [0.15, 0.2) is 42.6 Å². The molecule has 0 aliphatic heterocycles. The van der Waals surface area contributed by atoms with Crippen LogP contribution in [0.5, 0.6) is 0 Å². The minimum atomic E-state index is -0.655. The Labute approximate surface area is 105 Å². The molecule has 0 aliphatic rings. The Kier molecular flexibility index (Phi) is 5.44. The number of carbonyl (C=O) groups is 2. The lowest BCUT2D eigenvalue weighted by atomic mass is 10.1. The molecule has 18 heavy (non-hydrogen) atoms. The van der Waals surface area contributed by atoms with Gasteiger partial charge in [0, 0.05) is 12.3 Å². The van der Waals surface area contributed by atoms with Crippen molar-refractivity contribution in [2.45, 2.75) is 6.04 Å². The summed E-state index contributed by atoms with van der Waals surface area (Å²) in [6, 6.07) is 8.41. The second-order valence-electron chi connectivity index (χ2n) is 3.39. The first kappa shape index (κ1) is 13.8. The maximum Gasteiger partial charge on any atom is 0.332 e. The molecule has 1 N–H and O–H groups in total. The summed E-state index contributed by atoms with van der Waals surface area (Å²) in [5, 5.41) is 2.80. The quantitative estimate of drug-likeness (QED) is 0.627. The van der Waals surface area contributed by atoms with Gasteiger partial charge in [0.05, 0.1) is 14.2 Å². The summed E-state index contributed by atoms with van der Waals surface area (Å²) >= 11 is 0. The maximum absolute atomic E-state index is 11.6. The normalized spacial score (nSPS) is 11.9. The van der Waals surface area contributed by atoms with E-state index in [1.807, 2.05) is 18.2 Å². The third-order valence-corrected chi connectivity index (χ3v) is 2.25. The van der Waals surface area contributed by atoms with Crippen molar-refractivity contribution >= 4 is 11.9 Å². The third kappa shape index (κ3) is 3.93. The zero-order chi connectivity index (χ0) is 13.4. The molecule has 0 spiro atoms. The van der Waals surface area contributed by atoms with Crippen molar-refractivity contribution in [2.75, 3.05) is 14.2 Å². The number of rotatable bonds is 5. The predicted molar refractivity (Wildman–Crippen MR) is 65.5 cm³/mol. The van der Waals surface area contributed by atoms with E-state index in [9.17, 15) is 9.59 Å². The molecule has 1 atom stereocenters. The number of hydrogen-bond donors (Lipinski definition) is 1. The zero-order valence-electron chi connectivity index (χ0n) is 10.3. The molecule has 0 heterocycles. The van der Waals surface area contributed by atoms with Crippen LogP contribution in [-0.4, -0.2) is 26.2 Å². The van der Waals surface area contributed by atoms with E-state index in [1.165, 1.54) is 26.5 Å². The van der Waals surface area contributed by atoms with Crippen molar-refractivity contribution in [3.8, 4) is 0 Å². The largest absolute Gasteiger partial charge is 0.467 e. The number of nitrogens with one attached hydrogen (secondary N) is 1.